The summed E-state index contributed by atoms with van der Waals surface area (Å²) in [5.74, 6) is 0.203. The molecule has 1 N–H and O–H groups in total. The highest BCUT2D eigenvalue weighted by molar-refractivity contribution is 7.91. The lowest BCUT2D eigenvalue weighted by Crippen LogP contribution is -2.31. The van der Waals surface area contributed by atoms with Gasteiger partial charge in [0.25, 0.3) is 0 Å². The van der Waals surface area contributed by atoms with Crippen molar-refractivity contribution in [3.63, 3.8) is 0 Å². The van der Waals surface area contributed by atoms with E-state index in [2.05, 4.69) is 11.9 Å². The third kappa shape index (κ3) is 3.69. The van der Waals surface area contributed by atoms with Gasteiger partial charge in [0, 0.05) is 12.6 Å². The zero-order valence-electron chi connectivity index (χ0n) is 11.8. The van der Waals surface area contributed by atoms with Crippen LogP contribution in [0, 0.1) is 0 Å². The first-order valence-corrected chi connectivity index (χ1v) is 8.43. The molecule has 1 atom stereocenters. The molecule has 0 saturated heterocycles. The van der Waals surface area contributed by atoms with Gasteiger partial charge in [0.2, 0.25) is 0 Å². The van der Waals surface area contributed by atoms with Crippen molar-refractivity contribution in [1.82, 2.24) is 5.32 Å². The molecule has 20 heavy (non-hydrogen) atoms. The zero-order chi connectivity index (χ0) is 14.6. The molecule has 1 aliphatic heterocycles. The molecule has 0 aliphatic carbocycles. The third-order valence-corrected chi connectivity index (χ3v) is 5.11. The monoisotopic (exact) mass is 295 g/mol. The molecule has 1 heterocycles. The number of fused-ring (bicyclic) bond motifs is 1. The molecule has 1 aromatic rings. The van der Waals surface area contributed by atoms with Crippen molar-refractivity contribution in [3.8, 4) is 0 Å². The molecule has 0 bridgehead atoms. The van der Waals surface area contributed by atoms with Crippen LogP contribution < -0.4 is 5.32 Å². The fourth-order valence-electron chi connectivity index (χ4n) is 2.35. The maximum atomic E-state index is 12.0. The maximum absolute atomic E-state index is 12.0. The minimum absolute atomic E-state index is 0.0863. The molecule has 2 rings (SSSR count). The minimum Gasteiger partial charge on any atom is -0.376 e. The van der Waals surface area contributed by atoms with Crippen molar-refractivity contribution in [3.05, 3.63) is 42.0 Å². The summed E-state index contributed by atoms with van der Waals surface area (Å²) in [5.41, 5.74) is 1.87. The summed E-state index contributed by atoms with van der Waals surface area (Å²) >= 11 is 0. The Bertz CT molecular complexity index is 581. The molecule has 5 heteroatoms. The second kappa shape index (κ2) is 6.52. The van der Waals surface area contributed by atoms with Gasteiger partial charge in [-0.05, 0) is 25.0 Å². The highest BCUT2D eigenvalue weighted by Crippen LogP contribution is 2.31. The Balaban J connectivity index is 1.96. The number of sulfone groups is 1. The van der Waals surface area contributed by atoms with E-state index in [0.717, 1.165) is 11.1 Å². The van der Waals surface area contributed by atoms with E-state index < -0.39 is 9.84 Å². The second-order valence-corrected chi connectivity index (χ2v) is 7.24. The standard InChI is InChI=1S/C15H21NO3S/c1-12(2)11-19-9-8-16-14-7-10-20(17,18)15-6-4-3-5-13(14)15/h3-6,14,16H,1,7-11H2,2H3. The molecule has 0 spiro atoms. The van der Waals surface area contributed by atoms with Gasteiger partial charge in [0.05, 0.1) is 23.9 Å². The molecule has 1 aliphatic rings. The van der Waals surface area contributed by atoms with Crippen LogP contribution >= 0.6 is 0 Å². The maximum Gasteiger partial charge on any atom is 0.178 e. The average Bonchev–Trinajstić information content (AvgIpc) is 2.41. The lowest BCUT2D eigenvalue weighted by atomic mass is 10.0. The van der Waals surface area contributed by atoms with Gasteiger partial charge in [-0.3, -0.25) is 0 Å². The first-order chi connectivity index (χ1) is 9.50. The Kier molecular flexibility index (Phi) is 4.96. The van der Waals surface area contributed by atoms with Crippen LogP contribution in [-0.4, -0.2) is 33.9 Å². The number of hydrogen-bond donors (Lipinski definition) is 1. The molecule has 0 amide bonds. The summed E-state index contributed by atoms with van der Waals surface area (Å²) in [7, 11) is -3.10. The van der Waals surface area contributed by atoms with Gasteiger partial charge in [-0.15, -0.1) is 0 Å². The Labute approximate surface area is 120 Å². The summed E-state index contributed by atoms with van der Waals surface area (Å²) < 4.78 is 29.5. The van der Waals surface area contributed by atoms with Crippen LogP contribution in [0.2, 0.25) is 0 Å². The molecule has 0 radical (unpaired) electrons. The zero-order valence-corrected chi connectivity index (χ0v) is 12.6. The molecule has 1 unspecified atom stereocenters. The number of hydrogen-bond acceptors (Lipinski definition) is 4. The van der Waals surface area contributed by atoms with E-state index >= 15 is 0 Å². The Morgan fingerprint density at radius 3 is 2.95 bits per heavy atom. The van der Waals surface area contributed by atoms with Crippen molar-refractivity contribution in [2.75, 3.05) is 25.5 Å². The van der Waals surface area contributed by atoms with E-state index in [9.17, 15) is 8.42 Å². The van der Waals surface area contributed by atoms with E-state index in [0.29, 0.717) is 31.1 Å². The smallest absolute Gasteiger partial charge is 0.178 e. The summed E-state index contributed by atoms with van der Waals surface area (Å²) in [6, 6.07) is 7.32. The second-order valence-electron chi connectivity index (χ2n) is 5.16. The highest BCUT2D eigenvalue weighted by atomic mass is 32.2. The summed E-state index contributed by atoms with van der Waals surface area (Å²) in [6.45, 7) is 7.57. The minimum atomic E-state index is -3.10. The number of nitrogens with one attached hydrogen (secondary N) is 1. The lowest BCUT2D eigenvalue weighted by molar-refractivity contribution is 0.155. The molecule has 0 fully saturated rings. The largest absolute Gasteiger partial charge is 0.376 e. The highest BCUT2D eigenvalue weighted by Gasteiger charge is 2.29. The molecule has 4 nitrogen and oxygen atoms in total. The molecule has 0 aromatic heterocycles. The van der Waals surface area contributed by atoms with Crippen molar-refractivity contribution < 1.29 is 13.2 Å². The lowest BCUT2D eigenvalue weighted by Gasteiger charge is -2.26. The SMILES string of the molecule is C=C(C)COCCNC1CCS(=O)(=O)c2ccccc21. The Morgan fingerprint density at radius 2 is 2.20 bits per heavy atom. The van der Waals surface area contributed by atoms with Gasteiger partial charge >= 0.3 is 0 Å². The molecule has 1 aromatic carbocycles. The normalized spacial score (nSPS) is 20.4. The first-order valence-electron chi connectivity index (χ1n) is 6.78. The first kappa shape index (κ1) is 15.2. The van der Waals surface area contributed by atoms with E-state index in [1.807, 2.05) is 19.1 Å². The summed E-state index contributed by atoms with van der Waals surface area (Å²) in [5, 5.41) is 3.37. The topological polar surface area (TPSA) is 55.4 Å². The van der Waals surface area contributed by atoms with Gasteiger partial charge in [0.15, 0.2) is 9.84 Å². The van der Waals surface area contributed by atoms with Crippen LogP contribution in [0.15, 0.2) is 41.3 Å². The van der Waals surface area contributed by atoms with E-state index in [1.165, 1.54) is 0 Å². The molecule has 110 valence electrons. The van der Waals surface area contributed by atoms with Crippen LogP contribution in [0.5, 0.6) is 0 Å². The van der Waals surface area contributed by atoms with Gasteiger partial charge in [-0.1, -0.05) is 30.4 Å². The number of ether oxygens (including phenoxy) is 1. The average molecular weight is 295 g/mol. The van der Waals surface area contributed by atoms with Crippen LogP contribution in [-0.2, 0) is 14.6 Å². The Morgan fingerprint density at radius 1 is 1.45 bits per heavy atom. The van der Waals surface area contributed by atoms with Crippen LogP contribution in [0.3, 0.4) is 0 Å². The molecular formula is C15H21NO3S. The van der Waals surface area contributed by atoms with Crippen LogP contribution in [0.25, 0.3) is 0 Å². The number of rotatable bonds is 6. The fourth-order valence-corrected chi connectivity index (χ4v) is 3.98. The van der Waals surface area contributed by atoms with E-state index in [-0.39, 0.29) is 11.8 Å². The van der Waals surface area contributed by atoms with Crippen LogP contribution in [0.4, 0.5) is 0 Å². The van der Waals surface area contributed by atoms with Gasteiger partial charge in [-0.2, -0.15) is 0 Å². The van der Waals surface area contributed by atoms with Crippen molar-refractivity contribution >= 4 is 9.84 Å². The van der Waals surface area contributed by atoms with Crippen LogP contribution in [0.1, 0.15) is 24.9 Å². The summed E-state index contributed by atoms with van der Waals surface area (Å²) in [6.07, 6.45) is 0.611. The third-order valence-electron chi connectivity index (χ3n) is 3.29. The quantitative estimate of drug-likeness (QED) is 0.645. The van der Waals surface area contributed by atoms with Crippen molar-refractivity contribution in [2.45, 2.75) is 24.3 Å². The predicted molar refractivity (Wildman–Crippen MR) is 79.5 cm³/mol. The Hall–Kier alpha value is -1.17. The van der Waals surface area contributed by atoms with Gasteiger partial charge < -0.3 is 10.1 Å². The van der Waals surface area contributed by atoms with E-state index in [4.69, 9.17) is 4.74 Å². The number of benzene rings is 1. The fraction of sp³-hybridized carbons (Fsp3) is 0.467. The van der Waals surface area contributed by atoms with Gasteiger partial charge in [0.1, 0.15) is 0 Å². The summed E-state index contributed by atoms with van der Waals surface area (Å²) in [4.78, 5) is 0.464. The predicted octanol–water partition coefficient (Wildman–Crippen LogP) is 2.09. The van der Waals surface area contributed by atoms with Crippen molar-refractivity contribution in [2.24, 2.45) is 0 Å². The van der Waals surface area contributed by atoms with E-state index in [1.54, 1.807) is 12.1 Å². The molecule has 0 saturated carbocycles. The molecular weight excluding hydrogens is 274 g/mol. The van der Waals surface area contributed by atoms with Gasteiger partial charge in [-0.25, -0.2) is 8.42 Å². The van der Waals surface area contributed by atoms with Crippen molar-refractivity contribution in [1.29, 1.82) is 0 Å².